The molecule has 0 bridgehead atoms. The van der Waals surface area contributed by atoms with Gasteiger partial charge in [0.2, 0.25) is 0 Å². The summed E-state index contributed by atoms with van der Waals surface area (Å²) in [5, 5.41) is 3.97. The van der Waals surface area contributed by atoms with Gasteiger partial charge in [0.15, 0.2) is 0 Å². The summed E-state index contributed by atoms with van der Waals surface area (Å²) in [6.45, 7) is 2.01. The fourth-order valence-electron chi connectivity index (χ4n) is 1.65. The van der Waals surface area contributed by atoms with Gasteiger partial charge in [-0.1, -0.05) is 35.9 Å². The summed E-state index contributed by atoms with van der Waals surface area (Å²) >= 11 is 6.06. The lowest BCUT2D eigenvalue weighted by molar-refractivity contribution is 0.626. The molecule has 17 heavy (non-hydrogen) atoms. The van der Waals surface area contributed by atoms with Gasteiger partial charge in [0, 0.05) is 6.04 Å². The van der Waals surface area contributed by atoms with Gasteiger partial charge >= 0.3 is 0 Å². The lowest BCUT2D eigenvalue weighted by Crippen LogP contribution is -2.06. The molecule has 0 saturated carbocycles. The summed E-state index contributed by atoms with van der Waals surface area (Å²) in [6, 6.07) is 14.1. The first kappa shape index (κ1) is 11.9. The normalized spacial score (nSPS) is 12.2. The molecule has 0 saturated heterocycles. The summed E-state index contributed by atoms with van der Waals surface area (Å²) in [5.74, 6) is -0.223. The van der Waals surface area contributed by atoms with Crippen LogP contribution in [0.25, 0.3) is 0 Å². The highest BCUT2D eigenvalue weighted by Gasteiger charge is 2.07. The Morgan fingerprint density at radius 3 is 2.35 bits per heavy atom. The van der Waals surface area contributed by atoms with Crippen LogP contribution in [0.1, 0.15) is 18.5 Å². The first-order valence-corrected chi connectivity index (χ1v) is 5.81. The molecule has 0 aromatic heterocycles. The van der Waals surface area contributed by atoms with Crippen LogP contribution in [0, 0.1) is 5.82 Å². The van der Waals surface area contributed by atoms with Crippen molar-refractivity contribution in [3.05, 3.63) is 64.9 Å². The Balaban J connectivity index is 2.14. The Morgan fingerprint density at radius 2 is 1.71 bits per heavy atom. The molecule has 0 aliphatic rings. The lowest BCUT2D eigenvalue weighted by Gasteiger charge is -2.16. The zero-order valence-corrected chi connectivity index (χ0v) is 10.2. The van der Waals surface area contributed by atoms with Crippen molar-refractivity contribution in [2.45, 2.75) is 13.0 Å². The predicted octanol–water partition coefficient (Wildman–Crippen LogP) is 4.65. The molecular weight excluding hydrogens is 237 g/mol. The molecule has 0 spiro atoms. The number of rotatable bonds is 3. The Bertz CT molecular complexity index is 496. The Hall–Kier alpha value is -1.54. The largest absolute Gasteiger partial charge is 0.377 e. The van der Waals surface area contributed by atoms with E-state index in [1.807, 2.05) is 31.2 Å². The summed E-state index contributed by atoms with van der Waals surface area (Å²) in [5.41, 5.74) is 1.90. The minimum absolute atomic E-state index is 0.0792. The van der Waals surface area contributed by atoms with E-state index in [1.54, 1.807) is 12.1 Å². The molecule has 0 amide bonds. The van der Waals surface area contributed by atoms with E-state index >= 15 is 0 Å². The molecule has 1 nitrogen and oxygen atoms in total. The van der Waals surface area contributed by atoms with Crippen LogP contribution in [-0.4, -0.2) is 0 Å². The second-order valence-electron chi connectivity index (χ2n) is 3.90. The van der Waals surface area contributed by atoms with Crippen molar-refractivity contribution in [3.8, 4) is 0 Å². The Morgan fingerprint density at radius 1 is 1.06 bits per heavy atom. The van der Waals surface area contributed by atoms with E-state index in [9.17, 15) is 4.39 Å². The van der Waals surface area contributed by atoms with Crippen LogP contribution < -0.4 is 5.32 Å². The predicted molar refractivity (Wildman–Crippen MR) is 69.9 cm³/mol. The molecule has 3 heteroatoms. The van der Waals surface area contributed by atoms with Gasteiger partial charge in [-0.2, -0.15) is 0 Å². The van der Waals surface area contributed by atoms with Crippen LogP contribution in [0.5, 0.6) is 0 Å². The van der Waals surface area contributed by atoms with Gasteiger partial charge in [-0.25, -0.2) is 4.39 Å². The highest BCUT2D eigenvalue weighted by molar-refractivity contribution is 6.33. The molecule has 0 aliphatic carbocycles. The van der Waals surface area contributed by atoms with E-state index in [2.05, 4.69) is 5.32 Å². The van der Waals surface area contributed by atoms with E-state index in [4.69, 9.17) is 11.6 Å². The number of halogens is 2. The summed E-state index contributed by atoms with van der Waals surface area (Å²) < 4.78 is 12.8. The second kappa shape index (κ2) is 5.19. The molecule has 88 valence electrons. The molecule has 1 N–H and O–H groups in total. The smallest absolute Gasteiger partial charge is 0.123 e. The number of anilines is 1. The Labute approximate surface area is 105 Å². The minimum atomic E-state index is -0.223. The molecule has 0 fully saturated rings. The van der Waals surface area contributed by atoms with Gasteiger partial charge in [-0.05, 0) is 36.8 Å². The van der Waals surface area contributed by atoms with Gasteiger partial charge in [0.05, 0.1) is 10.7 Å². The fourth-order valence-corrected chi connectivity index (χ4v) is 1.84. The quantitative estimate of drug-likeness (QED) is 0.835. The maximum Gasteiger partial charge on any atom is 0.123 e. The first-order chi connectivity index (χ1) is 8.16. The second-order valence-corrected chi connectivity index (χ2v) is 4.30. The van der Waals surface area contributed by atoms with E-state index in [1.165, 1.54) is 12.1 Å². The van der Waals surface area contributed by atoms with Crippen molar-refractivity contribution < 1.29 is 4.39 Å². The maximum absolute atomic E-state index is 12.8. The zero-order chi connectivity index (χ0) is 12.3. The molecule has 2 rings (SSSR count). The van der Waals surface area contributed by atoms with Crippen LogP contribution >= 0.6 is 11.6 Å². The van der Waals surface area contributed by atoms with Crippen LogP contribution in [0.3, 0.4) is 0 Å². The number of para-hydroxylation sites is 1. The zero-order valence-electron chi connectivity index (χ0n) is 9.45. The fraction of sp³-hybridized carbons (Fsp3) is 0.143. The topological polar surface area (TPSA) is 12.0 Å². The highest BCUT2D eigenvalue weighted by Crippen LogP contribution is 2.25. The molecule has 0 heterocycles. The molecule has 2 aromatic rings. The third-order valence-corrected chi connectivity index (χ3v) is 2.95. The van der Waals surface area contributed by atoms with Crippen LogP contribution in [-0.2, 0) is 0 Å². The summed E-state index contributed by atoms with van der Waals surface area (Å²) in [4.78, 5) is 0. The average Bonchev–Trinajstić information content (AvgIpc) is 2.33. The molecule has 0 radical (unpaired) electrons. The minimum Gasteiger partial charge on any atom is -0.377 e. The molecular formula is C14H13ClFN. The number of hydrogen-bond donors (Lipinski definition) is 1. The van der Waals surface area contributed by atoms with E-state index in [0.717, 1.165) is 11.3 Å². The molecule has 2 aromatic carbocycles. The van der Waals surface area contributed by atoms with Gasteiger partial charge in [0.1, 0.15) is 5.82 Å². The standard InChI is InChI=1S/C14H13ClFN/c1-10(11-6-8-12(16)9-7-11)17-14-5-3-2-4-13(14)15/h2-10,17H,1H3. The number of benzene rings is 2. The van der Waals surface area contributed by atoms with E-state index in [-0.39, 0.29) is 11.9 Å². The van der Waals surface area contributed by atoms with Crippen molar-refractivity contribution in [2.75, 3.05) is 5.32 Å². The van der Waals surface area contributed by atoms with E-state index in [0.29, 0.717) is 5.02 Å². The summed E-state index contributed by atoms with van der Waals surface area (Å²) in [6.07, 6.45) is 0. The van der Waals surface area contributed by atoms with Crippen molar-refractivity contribution in [1.29, 1.82) is 0 Å². The van der Waals surface area contributed by atoms with E-state index < -0.39 is 0 Å². The van der Waals surface area contributed by atoms with Crippen LogP contribution in [0.2, 0.25) is 5.02 Å². The first-order valence-electron chi connectivity index (χ1n) is 5.43. The lowest BCUT2D eigenvalue weighted by atomic mass is 10.1. The SMILES string of the molecule is CC(Nc1ccccc1Cl)c1ccc(F)cc1. The van der Waals surface area contributed by atoms with Gasteiger partial charge in [-0.3, -0.25) is 0 Å². The van der Waals surface area contributed by atoms with Crippen molar-refractivity contribution in [2.24, 2.45) is 0 Å². The van der Waals surface area contributed by atoms with Gasteiger partial charge < -0.3 is 5.32 Å². The van der Waals surface area contributed by atoms with Crippen LogP contribution in [0.4, 0.5) is 10.1 Å². The number of hydrogen-bond acceptors (Lipinski definition) is 1. The number of nitrogens with one attached hydrogen (secondary N) is 1. The van der Waals surface area contributed by atoms with Gasteiger partial charge in [0.25, 0.3) is 0 Å². The highest BCUT2D eigenvalue weighted by atomic mass is 35.5. The molecule has 0 aliphatic heterocycles. The van der Waals surface area contributed by atoms with Crippen LogP contribution in [0.15, 0.2) is 48.5 Å². The van der Waals surface area contributed by atoms with Crippen molar-refractivity contribution in [1.82, 2.24) is 0 Å². The Kier molecular flexibility index (Phi) is 3.64. The van der Waals surface area contributed by atoms with Crippen molar-refractivity contribution >= 4 is 17.3 Å². The average molecular weight is 250 g/mol. The maximum atomic E-state index is 12.8. The monoisotopic (exact) mass is 249 g/mol. The third-order valence-electron chi connectivity index (χ3n) is 2.62. The van der Waals surface area contributed by atoms with Crippen molar-refractivity contribution in [3.63, 3.8) is 0 Å². The molecule has 1 atom stereocenters. The third kappa shape index (κ3) is 2.98. The molecule has 1 unspecified atom stereocenters. The summed E-state index contributed by atoms with van der Waals surface area (Å²) in [7, 11) is 0. The van der Waals surface area contributed by atoms with Gasteiger partial charge in [-0.15, -0.1) is 0 Å².